The van der Waals surface area contributed by atoms with Gasteiger partial charge in [0.05, 0.1) is 30.2 Å². The second kappa shape index (κ2) is 7.38. The number of aromatic hydroxyl groups is 1. The number of hydrogen-bond donors (Lipinski definition) is 2. The number of hydrogen-bond acceptors (Lipinski definition) is 7. The average Bonchev–Trinajstić information content (AvgIpc) is 2.59. The Labute approximate surface area is 150 Å². The van der Waals surface area contributed by atoms with Gasteiger partial charge in [-0.15, -0.1) is 0 Å². The normalized spacial score (nSPS) is 15.0. The Balaban J connectivity index is 2.51. The minimum Gasteiger partial charge on any atom is -0.500 e. The summed E-state index contributed by atoms with van der Waals surface area (Å²) in [5.41, 5.74) is -1.93. The lowest BCUT2D eigenvalue weighted by Gasteiger charge is -2.26. The lowest BCUT2D eigenvalue weighted by atomic mass is 10.0. The van der Waals surface area contributed by atoms with Crippen LogP contribution in [0.4, 0.5) is 18.9 Å². The van der Waals surface area contributed by atoms with Crippen LogP contribution >= 0.6 is 0 Å². The Morgan fingerprint density at radius 2 is 2.11 bits per heavy atom. The fourth-order valence-corrected chi connectivity index (χ4v) is 2.34. The Kier molecular flexibility index (Phi) is 5.41. The van der Waals surface area contributed by atoms with Crippen LogP contribution < -0.4 is 4.74 Å². The fraction of sp³-hybridized carbons (Fsp3) is 0.188. The topological polar surface area (TPSA) is 120 Å². The number of benzene rings is 1. The lowest BCUT2D eigenvalue weighted by Crippen LogP contribution is -2.32. The molecule has 1 aromatic rings. The van der Waals surface area contributed by atoms with Crippen molar-refractivity contribution in [1.82, 2.24) is 5.06 Å². The molecule has 0 saturated heterocycles. The standard InChI is InChI=1S/C16H12F3N3O5/c1-27-13-6-9(5-12(15(13)23)22(25)26)4-11(7-20)10-2-3-14(16(17,18)19)21(24)8-10/h2-6,23-24H,8H2,1H3. The van der Waals surface area contributed by atoms with Crippen LogP contribution in [0.1, 0.15) is 5.56 Å². The number of methoxy groups -OCH3 is 1. The van der Waals surface area contributed by atoms with Crippen molar-refractivity contribution in [3.8, 4) is 17.6 Å². The van der Waals surface area contributed by atoms with Crippen LogP contribution in [-0.2, 0) is 0 Å². The van der Waals surface area contributed by atoms with Crippen molar-refractivity contribution in [2.24, 2.45) is 0 Å². The Bertz CT molecular complexity index is 913. The third-order valence-corrected chi connectivity index (χ3v) is 3.60. The molecule has 1 aliphatic rings. The number of hydroxylamine groups is 2. The van der Waals surface area contributed by atoms with Crippen LogP contribution in [-0.4, -0.2) is 40.1 Å². The highest BCUT2D eigenvalue weighted by Crippen LogP contribution is 2.38. The van der Waals surface area contributed by atoms with Gasteiger partial charge in [-0.05, 0) is 29.4 Å². The van der Waals surface area contributed by atoms with Gasteiger partial charge in [-0.3, -0.25) is 15.3 Å². The van der Waals surface area contributed by atoms with Crippen molar-refractivity contribution in [2.45, 2.75) is 6.18 Å². The third kappa shape index (κ3) is 4.18. The zero-order valence-electron chi connectivity index (χ0n) is 13.7. The van der Waals surface area contributed by atoms with E-state index in [-0.39, 0.29) is 27.5 Å². The van der Waals surface area contributed by atoms with E-state index in [9.17, 15) is 38.9 Å². The van der Waals surface area contributed by atoms with Crippen LogP contribution in [0.3, 0.4) is 0 Å². The number of phenols is 1. The van der Waals surface area contributed by atoms with E-state index in [1.165, 1.54) is 19.3 Å². The summed E-state index contributed by atoms with van der Waals surface area (Å²) in [4.78, 5) is 10.2. The van der Waals surface area contributed by atoms with E-state index in [1.807, 2.05) is 0 Å². The van der Waals surface area contributed by atoms with Crippen molar-refractivity contribution in [1.29, 1.82) is 5.26 Å². The molecule has 8 nitrogen and oxygen atoms in total. The number of alkyl halides is 3. The van der Waals surface area contributed by atoms with Crippen LogP contribution in [0, 0.1) is 21.4 Å². The van der Waals surface area contributed by atoms with Gasteiger partial charge in [0.15, 0.2) is 5.75 Å². The van der Waals surface area contributed by atoms with E-state index < -0.39 is 34.8 Å². The molecule has 11 heteroatoms. The largest absolute Gasteiger partial charge is 0.500 e. The van der Waals surface area contributed by atoms with Gasteiger partial charge < -0.3 is 9.84 Å². The van der Waals surface area contributed by atoms with Crippen LogP contribution in [0.5, 0.6) is 11.5 Å². The summed E-state index contributed by atoms with van der Waals surface area (Å²) >= 11 is 0. The van der Waals surface area contributed by atoms with Gasteiger partial charge in [0.1, 0.15) is 5.70 Å². The molecule has 0 spiro atoms. The second-order valence-corrected chi connectivity index (χ2v) is 5.32. The molecule has 1 aliphatic heterocycles. The summed E-state index contributed by atoms with van der Waals surface area (Å²) in [6.07, 6.45) is -1.96. The molecule has 0 radical (unpaired) electrons. The number of nitro benzene ring substituents is 1. The molecule has 0 atom stereocenters. The number of nitriles is 1. The molecule has 0 saturated carbocycles. The minimum atomic E-state index is -4.77. The highest BCUT2D eigenvalue weighted by Gasteiger charge is 2.38. The maximum Gasteiger partial charge on any atom is 0.433 e. The van der Waals surface area contributed by atoms with Gasteiger partial charge in [0.25, 0.3) is 0 Å². The molecular weight excluding hydrogens is 371 g/mol. The van der Waals surface area contributed by atoms with Crippen molar-refractivity contribution in [3.63, 3.8) is 0 Å². The van der Waals surface area contributed by atoms with E-state index >= 15 is 0 Å². The molecule has 1 aromatic carbocycles. The summed E-state index contributed by atoms with van der Waals surface area (Å²) < 4.78 is 43.0. The zero-order valence-corrected chi connectivity index (χ0v) is 13.7. The summed E-state index contributed by atoms with van der Waals surface area (Å²) in [6, 6.07) is 3.96. The molecule has 142 valence electrons. The molecule has 0 amide bonds. The lowest BCUT2D eigenvalue weighted by molar-refractivity contribution is -0.386. The SMILES string of the molecule is COc1cc(C=C(C#N)C2=CC=C(C(F)(F)F)N(O)C2)cc([N+](=O)[O-])c1O. The van der Waals surface area contributed by atoms with Gasteiger partial charge in [0.2, 0.25) is 5.75 Å². The Hall–Kier alpha value is -3.52. The first-order valence-electron chi connectivity index (χ1n) is 7.20. The molecule has 0 fully saturated rings. The molecule has 2 N–H and O–H groups in total. The van der Waals surface area contributed by atoms with E-state index in [4.69, 9.17) is 4.74 Å². The first-order valence-corrected chi connectivity index (χ1v) is 7.20. The highest BCUT2D eigenvalue weighted by atomic mass is 19.4. The molecule has 2 rings (SSSR count). The van der Waals surface area contributed by atoms with Crippen LogP contribution in [0.2, 0.25) is 0 Å². The molecular formula is C16H12F3N3O5. The van der Waals surface area contributed by atoms with E-state index in [0.29, 0.717) is 6.08 Å². The monoisotopic (exact) mass is 383 g/mol. The van der Waals surface area contributed by atoms with E-state index in [0.717, 1.165) is 12.1 Å². The minimum absolute atomic E-state index is 0.0413. The number of ether oxygens (including phenoxy) is 1. The summed E-state index contributed by atoms with van der Waals surface area (Å²) in [5, 5.41) is 39.6. The van der Waals surface area contributed by atoms with Gasteiger partial charge in [0, 0.05) is 6.07 Å². The molecule has 0 aromatic heterocycles. The number of nitro groups is 1. The number of halogens is 3. The van der Waals surface area contributed by atoms with Gasteiger partial charge >= 0.3 is 11.9 Å². The number of phenolic OH excluding ortho intramolecular Hbond substituents is 1. The fourth-order valence-electron chi connectivity index (χ4n) is 2.34. The smallest absolute Gasteiger partial charge is 0.433 e. The maximum atomic E-state index is 12.7. The predicted molar refractivity (Wildman–Crippen MR) is 85.6 cm³/mol. The molecule has 0 aliphatic carbocycles. The first kappa shape index (κ1) is 19.8. The predicted octanol–water partition coefficient (Wildman–Crippen LogP) is 3.29. The number of allylic oxidation sites excluding steroid dienone is 3. The van der Waals surface area contributed by atoms with Crippen LogP contribution in [0.25, 0.3) is 6.08 Å². The van der Waals surface area contributed by atoms with Crippen molar-refractivity contribution in [3.05, 3.63) is 56.8 Å². The second-order valence-electron chi connectivity index (χ2n) is 5.32. The molecule has 1 heterocycles. The average molecular weight is 383 g/mol. The summed E-state index contributed by atoms with van der Waals surface area (Å²) in [6.45, 7) is -0.609. The third-order valence-electron chi connectivity index (χ3n) is 3.60. The summed E-state index contributed by atoms with van der Waals surface area (Å²) in [5.74, 6) is -0.914. The van der Waals surface area contributed by atoms with Crippen molar-refractivity contribution in [2.75, 3.05) is 13.7 Å². The number of rotatable bonds is 4. The summed E-state index contributed by atoms with van der Waals surface area (Å²) in [7, 11) is 1.17. The molecule has 0 unspecified atom stereocenters. The van der Waals surface area contributed by atoms with Gasteiger partial charge in [-0.1, -0.05) is 6.08 Å². The van der Waals surface area contributed by atoms with Crippen LogP contribution in [0.15, 0.2) is 41.1 Å². The first-order chi connectivity index (χ1) is 12.6. The Morgan fingerprint density at radius 3 is 2.59 bits per heavy atom. The van der Waals surface area contributed by atoms with E-state index in [2.05, 4.69) is 0 Å². The molecule has 27 heavy (non-hydrogen) atoms. The van der Waals surface area contributed by atoms with Crippen molar-refractivity contribution >= 4 is 11.8 Å². The Morgan fingerprint density at radius 1 is 1.44 bits per heavy atom. The number of nitrogens with zero attached hydrogens (tertiary/aromatic N) is 3. The van der Waals surface area contributed by atoms with Gasteiger partial charge in [-0.2, -0.15) is 18.4 Å². The van der Waals surface area contributed by atoms with Gasteiger partial charge in [-0.25, -0.2) is 5.06 Å². The highest BCUT2D eigenvalue weighted by molar-refractivity contribution is 5.70. The zero-order chi connectivity index (χ0) is 20.4. The quantitative estimate of drug-likeness (QED) is 0.465. The maximum absolute atomic E-state index is 12.7. The molecule has 0 bridgehead atoms. The van der Waals surface area contributed by atoms with Crippen molar-refractivity contribution < 1.29 is 33.1 Å². The van der Waals surface area contributed by atoms with E-state index in [1.54, 1.807) is 6.07 Å².